The Balaban J connectivity index is 1.26. The van der Waals surface area contributed by atoms with E-state index in [2.05, 4.69) is 44.0 Å². The minimum absolute atomic E-state index is 0.00511. The molecule has 1 fully saturated rings. The third kappa shape index (κ3) is 5.06. The normalized spacial score (nSPS) is 17.4. The highest BCUT2D eigenvalue weighted by Gasteiger charge is 2.43. The lowest BCUT2D eigenvalue weighted by molar-refractivity contribution is -0.117. The molecule has 1 heterocycles. The van der Waals surface area contributed by atoms with Gasteiger partial charge in [0, 0.05) is 21.8 Å². The van der Waals surface area contributed by atoms with Gasteiger partial charge in [0.05, 0.1) is 12.8 Å². The molecule has 0 radical (unpaired) electrons. The van der Waals surface area contributed by atoms with Gasteiger partial charge >= 0.3 is 6.03 Å². The SMILES string of the molecule is O=C(NCc1ccco1)Nc1ccc(NC(=O)C2CC2c2cccc(Br)c2)cc1. The summed E-state index contributed by atoms with van der Waals surface area (Å²) in [5.41, 5.74) is 2.52. The minimum atomic E-state index is -0.326. The number of halogens is 1. The van der Waals surface area contributed by atoms with Crippen molar-refractivity contribution in [1.82, 2.24) is 5.32 Å². The second-order valence-electron chi connectivity index (χ2n) is 6.96. The molecule has 148 valence electrons. The van der Waals surface area contributed by atoms with Crippen LogP contribution < -0.4 is 16.0 Å². The first-order valence-corrected chi connectivity index (χ1v) is 10.1. The van der Waals surface area contributed by atoms with E-state index >= 15 is 0 Å². The van der Waals surface area contributed by atoms with Crippen molar-refractivity contribution in [1.29, 1.82) is 0 Å². The van der Waals surface area contributed by atoms with Crippen molar-refractivity contribution in [3.8, 4) is 0 Å². The van der Waals surface area contributed by atoms with Gasteiger partial charge in [-0.1, -0.05) is 28.1 Å². The first kappa shape index (κ1) is 19.3. The predicted octanol–water partition coefficient (Wildman–Crippen LogP) is 5.11. The Labute approximate surface area is 176 Å². The number of anilines is 2. The van der Waals surface area contributed by atoms with Gasteiger partial charge in [0.15, 0.2) is 0 Å². The quantitative estimate of drug-likeness (QED) is 0.484. The Morgan fingerprint density at radius 1 is 1.00 bits per heavy atom. The molecule has 1 aliphatic carbocycles. The number of furan rings is 1. The summed E-state index contributed by atoms with van der Waals surface area (Å²) in [6, 6.07) is 18.4. The molecule has 3 N–H and O–H groups in total. The van der Waals surface area contributed by atoms with Crippen LogP contribution in [-0.2, 0) is 11.3 Å². The third-order valence-electron chi connectivity index (χ3n) is 4.82. The number of hydrogen-bond acceptors (Lipinski definition) is 3. The number of benzene rings is 2. The van der Waals surface area contributed by atoms with Crippen molar-refractivity contribution < 1.29 is 14.0 Å². The number of rotatable bonds is 6. The number of hydrogen-bond donors (Lipinski definition) is 3. The average Bonchev–Trinajstić information content (AvgIpc) is 3.35. The molecule has 2 unspecified atom stereocenters. The van der Waals surface area contributed by atoms with Crippen molar-refractivity contribution >= 4 is 39.2 Å². The van der Waals surface area contributed by atoms with Crippen molar-refractivity contribution in [3.63, 3.8) is 0 Å². The number of nitrogens with one attached hydrogen (secondary N) is 3. The fourth-order valence-electron chi connectivity index (χ4n) is 3.22. The molecular weight excluding hydrogens is 434 g/mol. The van der Waals surface area contributed by atoms with Crippen LogP contribution >= 0.6 is 15.9 Å². The topological polar surface area (TPSA) is 83.4 Å². The van der Waals surface area contributed by atoms with E-state index in [1.807, 2.05) is 12.1 Å². The number of amides is 3. The van der Waals surface area contributed by atoms with Crippen LogP contribution in [0.3, 0.4) is 0 Å². The Morgan fingerprint density at radius 2 is 1.76 bits per heavy atom. The van der Waals surface area contributed by atoms with Crippen LogP contribution in [0.4, 0.5) is 16.2 Å². The molecule has 1 saturated carbocycles. The fourth-order valence-corrected chi connectivity index (χ4v) is 3.64. The van der Waals surface area contributed by atoms with E-state index in [-0.39, 0.29) is 23.8 Å². The molecule has 3 amide bonds. The van der Waals surface area contributed by atoms with Gasteiger partial charge in [-0.25, -0.2) is 4.79 Å². The highest BCUT2D eigenvalue weighted by Crippen LogP contribution is 2.48. The maximum absolute atomic E-state index is 12.5. The monoisotopic (exact) mass is 453 g/mol. The molecule has 2 aromatic carbocycles. The van der Waals surface area contributed by atoms with Crippen molar-refractivity contribution in [2.24, 2.45) is 5.92 Å². The summed E-state index contributed by atoms with van der Waals surface area (Å²) in [5.74, 6) is 0.965. The van der Waals surface area contributed by atoms with Crippen LogP contribution in [0.25, 0.3) is 0 Å². The van der Waals surface area contributed by atoms with Gasteiger partial charge in [-0.05, 0) is 66.4 Å². The van der Waals surface area contributed by atoms with Crippen molar-refractivity contribution in [2.75, 3.05) is 10.6 Å². The van der Waals surface area contributed by atoms with E-state index in [1.165, 1.54) is 5.56 Å². The molecule has 1 aromatic heterocycles. The minimum Gasteiger partial charge on any atom is -0.467 e. The smallest absolute Gasteiger partial charge is 0.319 e. The maximum Gasteiger partial charge on any atom is 0.319 e. The van der Waals surface area contributed by atoms with Crippen LogP contribution in [0.1, 0.15) is 23.7 Å². The summed E-state index contributed by atoms with van der Waals surface area (Å²) in [6.45, 7) is 0.313. The molecule has 0 spiro atoms. The summed E-state index contributed by atoms with van der Waals surface area (Å²) in [4.78, 5) is 24.4. The van der Waals surface area contributed by atoms with Gasteiger partial charge < -0.3 is 20.4 Å². The van der Waals surface area contributed by atoms with E-state index in [4.69, 9.17) is 4.42 Å². The maximum atomic E-state index is 12.5. The van der Waals surface area contributed by atoms with Gasteiger partial charge in [-0.15, -0.1) is 0 Å². The number of carbonyl (C=O) groups is 2. The highest BCUT2D eigenvalue weighted by atomic mass is 79.9. The van der Waals surface area contributed by atoms with Gasteiger partial charge in [-0.2, -0.15) is 0 Å². The van der Waals surface area contributed by atoms with Crippen LogP contribution in [0.5, 0.6) is 0 Å². The molecule has 3 aromatic rings. The fraction of sp³-hybridized carbons (Fsp3) is 0.182. The molecule has 2 atom stereocenters. The first-order chi connectivity index (χ1) is 14.1. The standard InChI is InChI=1S/C22H20BrN3O3/c23-15-4-1-3-14(11-15)19-12-20(19)21(27)25-16-6-8-17(9-7-16)26-22(28)24-13-18-5-2-10-29-18/h1-11,19-20H,12-13H2,(H,25,27)(H2,24,26,28). The molecule has 1 aliphatic rings. The van der Waals surface area contributed by atoms with Gasteiger partial charge in [0.1, 0.15) is 5.76 Å². The van der Waals surface area contributed by atoms with E-state index < -0.39 is 0 Å². The summed E-state index contributed by atoms with van der Waals surface area (Å²) >= 11 is 3.47. The second-order valence-corrected chi connectivity index (χ2v) is 7.87. The summed E-state index contributed by atoms with van der Waals surface area (Å²) in [6.07, 6.45) is 2.42. The Hall–Kier alpha value is -3.06. The van der Waals surface area contributed by atoms with Gasteiger partial charge in [0.25, 0.3) is 0 Å². The molecule has 0 aliphatic heterocycles. The Kier molecular flexibility index (Phi) is 5.67. The molecule has 0 saturated heterocycles. The second kappa shape index (κ2) is 8.53. The number of carbonyl (C=O) groups excluding carboxylic acids is 2. The van der Waals surface area contributed by atoms with Crippen molar-refractivity contribution in [2.45, 2.75) is 18.9 Å². The lowest BCUT2D eigenvalue weighted by Gasteiger charge is -2.09. The van der Waals surface area contributed by atoms with Crippen LogP contribution in [0, 0.1) is 5.92 Å². The van der Waals surface area contributed by atoms with Gasteiger partial charge in [-0.3, -0.25) is 4.79 Å². The van der Waals surface area contributed by atoms with E-state index in [0.717, 1.165) is 10.9 Å². The molecule has 0 bridgehead atoms. The summed E-state index contributed by atoms with van der Waals surface area (Å²) in [7, 11) is 0. The van der Waals surface area contributed by atoms with Gasteiger partial charge in [0.2, 0.25) is 5.91 Å². The molecule has 29 heavy (non-hydrogen) atoms. The predicted molar refractivity (Wildman–Crippen MR) is 115 cm³/mol. The summed E-state index contributed by atoms with van der Waals surface area (Å²) in [5, 5.41) is 8.41. The molecular formula is C22H20BrN3O3. The third-order valence-corrected chi connectivity index (χ3v) is 5.31. The van der Waals surface area contributed by atoms with Crippen LogP contribution in [0.2, 0.25) is 0 Å². The zero-order chi connectivity index (χ0) is 20.2. The Morgan fingerprint density at radius 3 is 2.45 bits per heavy atom. The number of urea groups is 1. The zero-order valence-electron chi connectivity index (χ0n) is 15.5. The summed E-state index contributed by atoms with van der Waals surface area (Å²) < 4.78 is 6.19. The largest absolute Gasteiger partial charge is 0.467 e. The first-order valence-electron chi connectivity index (χ1n) is 9.32. The Bertz CT molecular complexity index is 1000. The molecule has 7 heteroatoms. The van der Waals surface area contributed by atoms with Crippen molar-refractivity contribution in [3.05, 3.63) is 82.7 Å². The van der Waals surface area contributed by atoms with Crippen LogP contribution in [0.15, 0.2) is 75.8 Å². The van der Waals surface area contributed by atoms with Crippen LogP contribution in [-0.4, -0.2) is 11.9 Å². The lowest BCUT2D eigenvalue weighted by Crippen LogP contribution is -2.27. The average molecular weight is 454 g/mol. The van der Waals surface area contributed by atoms with E-state index in [1.54, 1.807) is 42.7 Å². The van der Waals surface area contributed by atoms with E-state index in [9.17, 15) is 9.59 Å². The van der Waals surface area contributed by atoms with E-state index in [0.29, 0.717) is 23.7 Å². The molecule has 4 rings (SSSR count). The zero-order valence-corrected chi connectivity index (χ0v) is 17.1. The lowest BCUT2D eigenvalue weighted by atomic mass is 10.1. The highest BCUT2D eigenvalue weighted by molar-refractivity contribution is 9.10. The molecule has 6 nitrogen and oxygen atoms in total.